The fraction of sp³-hybridized carbons (Fsp3) is 0.429. The molecule has 0 saturated heterocycles. The molecule has 0 radical (unpaired) electrons. The Kier molecular flexibility index (Phi) is 14.0. The fourth-order valence-corrected chi connectivity index (χ4v) is 6.40. The van der Waals surface area contributed by atoms with Crippen molar-refractivity contribution >= 4 is 45.3 Å². The third kappa shape index (κ3) is 11.2. The zero-order valence-electron chi connectivity index (χ0n) is 22.4. The summed E-state index contributed by atoms with van der Waals surface area (Å²) >= 11 is 0. The molecular weight excluding hydrogens is 556 g/mol. The number of aryl methyl sites for hydroxylation is 2. The first-order chi connectivity index (χ1) is 19.0. The van der Waals surface area contributed by atoms with Crippen LogP contribution in [0, 0.1) is 25.7 Å². The summed E-state index contributed by atoms with van der Waals surface area (Å²) in [7, 11) is 2.80. The second-order valence-electron chi connectivity index (χ2n) is 9.42. The molecule has 0 spiro atoms. The molecule has 2 amide bonds. The summed E-state index contributed by atoms with van der Waals surface area (Å²) in [5, 5.41) is 42.0. The number of nitrogens with one attached hydrogen (secondary N) is 2. The molecule has 2 aromatic rings. The SMILES string of the molecule is Cc1ccccc1C[C@H](CSSC[C@@H](Cc1ccccc1C)C(=O)NC[C@H](O)C(=O)O)C(=O)NC[C@H](O)C(=O)O. The number of aliphatic hydroxyl groups is 2. The minimum absolute atomic E-state index is 0.366. The highest BCUT2D eigenvalue weighted by Crippen LogP contribution is 2.30. The Labute approximate surface area is 241 Å². The maximum atomic E-state index is 12.9. The molecule has 2 rings (SSSR count). The molecular formula is C28H36N2O8S2. The third-order valence-electron chi connectivity index (χ3n) is 6.33. The topological polar surface area (TPSA) is 173 Å². The van der Waals surface area contributed by atoms with Gasteiger partial charge in [-0.15, -0.1) is 0 Å². The van der Waals surface area contributed by atoms with Crippen LogP contribution in [-0.4, -0.2) is 81.0 Å². The Bertz CT molecular complexity index is 1070. The van der Waals surface area contributed by atoms with E-state index in [-0.39, 0.29) is 11.8 Å². The number of rotatable bonds is 17. The minimum atomic E-state index is -1.70. The van der Waals surface area contributed by atoms with Gasteiger partial charge in [0.05, 0.1) is 24.9 Å². The van der Waals surface area contributed by atoms with Gasteiger partial charge in [-0.05, 0) is 48.9 Å². The van der Waals surface area contributed by atoms with Gasteiger partial charge in [-0.3, -0.25) is 9.59 Å². The number of carbonyl (C=O) groups is 4. The number of aliphatic hydroxyl groups excluding tert-OH is 2. The average molecular weight is 593 g/mol. The highest BCUT2D eigenvalue weighted by Gasteiger charge is 2.25. The van der Waals surface area contributed by atoms with Crippen LogP contribution in [0.2, 0.25) is 0 Å². The van der Waals surface area contributed by atoms with Crippen LogP contribution in [0.15, 0.2) is 48.5 Å². The summed E-state index contributed by atoms with van der Waals surface area (Å²) in [5.74, 6) is -3.91. The molecule has 2 aromatic carbocycles. The molecule has 0 aromatic heterocycles. The maximum Gasteiger partial charge on any atom is 0.334 e. The molecule has 0 unspecified atom stereocenters. The molecule has 6 N–H and O–H groups in total. The minimum Gasteiger partial charge on any atom is -0.479 e. The molecule has 0 aliphatic carbocycles. The van der Waals surface area contributed by atoms with Crippen molar-refractivity contribution in [2.75, 3.05) is 24.6 Å². The molecule has 0 fully saturated rings. The lowest BCUT2D eigenvalue weighted by Gasteiger charge is -2.20. The van der Waals surface area contributed by atoms with Crippen LogP contribution in [-0.2, 0) is 32.0 Å². The van der Waals surface area contributed by atoms with E-state index in [9.17, 15) is 29.4 Å². The number of aliphatic carboxylic acids is 2. The van der Waals surface area contributed by atoms with Crippen molar-refractivity contribution < 1.29 is 39.6 Å². The first kappa shape index (κ1) is 33.1. The monoisotopic (exact) mass is 592 g/mol. The lowest BCUT2D eigenvalue weighted by molar-refractivity contribution is -0.147. The molecule has 0 bridgehead atoms. The van der Waals surface area contributed by atoms with Crippen LogP contribution in [0.3, 0.4) is 0 Å². The first-order valence-corrected chi connectivity index (χ1v) is 15.2. The Morgan fingerprint density at radius 3 is 1.35 bits per heavy atom. The number of carbonyl (C=O) groups excluding carboxylic acids is 2. The smallest absolute Gasteiger partial charge is 0.334 e. The molecule has 0 saturated carbocycles. The number of carboxylic acid groups (broad SMARTS) is 2. The van der Waals surface area contributed by atoms with Crippen molar-refractivity contribution in [3.05, 3.63) is 70.8 Å². The van der Waals surface area contributed by atoms with E-state index in [2.05, 4.69) is 10.6 Å². The van der Waals surface area contributed by atoms with E-state index in [1.807, 2.05) is 62.4 Å². The van der Waals surface area contributed by atoms with E-state index < -0.39 is 49.1 Å². The van der Waals surface area contributed by atoms with E-state index >= 15 is 0 Å². The Balaban J connectivity index is 2.06. The van der Waals surface area contributed by atoms with Crippen LogP contribution >= 0.6 is 21.6 Å². The van der Waals surface area contributed by atoms with E-state index in [0.717, 1.165) is 22.3 Å². The molecule has 4 atom stereocenters. The van der Waals surface area contributed by atoms with Gasteiger partial charge in [-0.1, -0.05) is 70.1 Å². The van der Waals surface area contributed by atoms with Gasteiger partial charge in [-0.25, -0.2) is 9.59 Å². The van der Waals surface area contributed by atoms with E-state index in [1.165, 1.54) is 21.6 Å². The number of hydrogen-bond acceptors (Lipinski definition) is 8. The molecule has 40 heavy (non-hydrogen) atoms. The van der Waals surface area contributed by atoms with Crippen molar-refractivity contribution in [3.63, 3.8) is 0 Å². The van der Waals surface area contributed by atoms with Crippen molar-refractivity contribution in [2.45, 2.75) is 38.9 Å². The predicted molar refractivity (Wildman–Crippen MR) is 155 cm³/mol. The summed E-state index contributed by atoms with van der Waals surface area (Å²) in [5.41, 5.74) is 3.98. The van der Waals surface area contributed by atoms with Crippen LogP contribution in [0.4, 0.5) is 0 Å². The van der Waals surface area contributed by atoms with Crippen molar-refractivity contribution in [1.82, 2.24) is 10.6 Å². The molecule has 10 nitrogen and oxygen atoms in total. The van der Waals surface area contributed by atoms with Gasteiger partial charge in [0, 0.05) is 11.5 Å². The largest absolute Gasteiger partial charge is 0.479 e. The van der Waals surface area contributed by atoms with E-state index in [4.69, 9.17) is 10.2 Å². The maximum absolute atomic E-state index is 12.9. The van der Waals surface area contributed by atoms with Crippen LogP contribution in [0.25, 0.3) is 0 Å². The van der Waals surface area contributed by atoms with Gasteiger partial charge in [0.25, 0.3) is 0 Å². The van der Waals surface area contributed by atoms with Gasteiger partial charge in [0.1, 0.15) is 0 Å². The standard InChI is InChI=1S/C28H36N2O8S2/c1-17-7-3-5-9-19(17)11-21(25(33)29-13-23(31)27(35)36)15-39-40-16-22(12-20-10-6-4-8-18(20)2)26(34)30-14-24(32)28(37)38/h3-10,21-24,31-32H,11-16H2,1-2H3,(H,29,33)(H,30,34)(H,35,36)(H,37,38)/t21-,22-,23+,24+/m1/s1. The van der Waals surface area contributed by atoms with Crippen LogP contribution < -0.4 is 10.6 Å². The molecule has 0 heterocycles. The third-order valence-corrected chi connectivity index (χ3v) is 8.89. The summed E-state index contributed by atoms with van der Waals surface area (Å²) < 4.78 is 0. The van der Waals surface area contributed by atoms with E-state index in [0.29, 0.717) is 24.3 Å². The zero-order chi connectivity index (χ0) is 29.7. The molecule has 0 aliphatic heterocycles. The first-order valence-electron chi connectivity index (χ1n) is 12.7. The lowest BCUT2D eigenvalue weighted by Crippen LogP contribution is -2.41. The number of hydrogen-bond donors (Lipinski definition) is 6. The van der Waals surface area contributed by atoms with Crippen LogP contribution in [0.1, 0.15) is 22.3 Å². The number of amides is 2. The molecule has 218 valence electrons. The van der Waals surface area contributed by atoms with Gasteiger partial charge in [-0.2, -0.15) is 0 Å². The Hall–Kier alpha value is -3.06. The van der Waals surface area contributed by atoms with Crippen molar-refractivity contribution in [3.8, 4) is 0 Å². The summed E-state index contributed by atoms with van der Waals surface area (Å²) in [6.07, 6.45) is -2.58. The predicted octanol–water partition coefficient (Wildman–Crippen LogP) is 1.83. The second-order valence-corrected chi connectivity index (χ2v) is 12.0. The number of carboxylic acids is 2. The highest BCUT2D eigenvalue weighted by molar-refractivity contribution is 8.76. The second kappa shape index (κ2) is 16.9. The van der Waals surface area contributed by atoms with Gasteiger partial charge in [0.2, 0.25) is 11.8 Å². The quantitative estimate of drug-likeness (QED) is 0.118. The van der Waals surface area contributed by atoms with Crippen LogP contribution in [0.5, 0.6) is 0 Å². The molecule has 0 aliphatic rings. The Morgan fingerprint density at radius 2 is 1.02 bits per heavy atom. The molecule has 12 heteroatoms. The summed E-state index contributed by atoms with van der Waals surface area (Å²) in [4.78, 5) is 47.7. The average Bonchev–Trinajstić information content (AvgIpc) is 2.92. The van der Waals surface area contributed by atoms with Crippen molar-refractivity contribution in [2.24, 2.45) is 11.8 Å². The highest BCUT2D eigenvalue weighted by atomic mass is 33.1. The van der Waals surface area contributed by atoms with Crippen molar-refractivity contribution in [1.29, 1.82) is 0 Å². The summed E-state index contributed by atoms with van der Waals surface area (Å²) in [6.45, 7) is 3.07. The van der Waals surface area contributed by atoms with Gasteiger partial charge in [0.15, 0.2) is 12.2 Å². The lowest BCUT2D eigenvalue weighted by atomic mass is 9.96. The van der Waals surface area contributed by atoms with Gasteiger partial charge < -0.3 is 31.1 Å². The zero-order valence-corrected chi connectivity index (χ0v) is 24.0. The Morgan fingerprint density at radius 1 is 0.675 bits per heavy atom. The summed E-state index contributed by atoms with van der Waals surface area (Å²) in [6, 6.07) is 15.3. The van der Waals surface area contributed by atoms with Gasteiger partial charge >= 0.3 is 11.9 Å². The van der Waals surface area contributed by atoms with E-state index in [1.54, 1.807) is 0 Å². The number of benzene rings is 2. The fourth-order valence-electron chi connectivity index (χ4n) is 3.78. The normalized spacial score (nSPS) is 14.0.